The number of rotatable bonds is 4. The predicted octanol–water partition coefficient (Wildman–Crippen LogP) is 0.938. The van der Waals surface area contributed by atoms with Crippen molar-refractivity contribution in [3.05, 3.63) is 28.7 Å². The van der Waals surface area contributed by atoms with Crippen molar-refractivity contribution >= 4 is 28.2 Å². The summed E-state index contributed by atoms with van der Waals surface area (Å²) in [6.45, 7) is 2.68. The van der Waals surface area contributed by atoms with Gasteiger partial charge < -0.3 is 15.0 Å². The van der Waals surface area contributed by atoms with Gasteiger partial charge in [0.1, 0.15) is 5.65 Å². The largest absolute Gasteiger partial charge is 0.760 e. The number of nitrogens with one attached hydrogen (secondary N) is 1. The summed E-state index contributed by atoms with van der Waals surface area (Å²) < 4.78 is 25.1. The minimum absolute atomic E-state index is 0.0655. The van der Waals surface area contributed by atoms with Crippen LogP contribution < -0.4 is 10.9 Å². The molecule has 4 rings (SSSR count). The van der Waals surface area contributed by atoms with Gasteiger partial charge in [0.25, 0.3) is 5.56 Å². The number of hydrogen-bond acceptors (Lipinski definition) is 7. The molecule has 1 aliphatic carbocycles. The molecule has 9 nitrogen and oxygen atoms in total. The maximum atomic E-state index is 12.6. The normalized spacial score (nSPS) is 27.9. The lowest BCUT2D eigenvalue weighted by molar-refractivity contribution is 0.0267. The second-order valence-corrected chi connectivity index (χ2v) is 8.79. The molecule has 3 heterocycles. The third-order valence-electron chi connectivity index (χ3n) is 5.85. The molecule has 3 atom stereocenters. The highest BCUT2D eigenvalue weighted by Crippen LogP contribution is 2.39. The molecule has 0 bridgehead atoms. The second kappa shape index (κ2) is 7.51. The molecule has 2 N–H and O–H groups in total. The topological polar surface area (TPSA) is 123 Å². The molecule has 2 aromatic rings. The van der Waals surface area contributed by atoms with Crippen molar-refractivity contribution in [2.45, 2.75) is 56.7 Å². The van der Waals surface area contributed by atoms with Gasteiger partial charge in [0.15, 0.2) is 0 Å². The standard InChI is InChI=1S/C18H25N5O4S/c1-18(25)8-2-3-14(18)23-15(24)5-4-12-11-19-17(21-16(12)23)20-13-6-9-22(10-7-13)28(26)27/h4-5,11,13-14,25H,2-3,6-10H2,1H3,(H,26,27)(H,19,20,21)/p-1/t14-,18-/m0/s1. The number of fused-ring (bicyclic) bond motifs is 1. The van der Waals surface area contributed by atoms with Crippen molar-refractivity contribution in [2.24, 2.45) is 0 Å². The van der Waals surface area contributed by atoms with Crippen LogP contribution in [0.3, 0.4) is 0 Å². The van der Waals surface area contributed by atoms with Crippen LogP contribution in [-0.2, 0) is 11.3 Å². The van der Waals surface area contributed by atoms with E-state index in [1.54, 1.807) is 23.8 Å². The molecule has 1 aliphatic heterocycles. The predicted molar refractivity (Wildman–Crippen MR) is 104 cm³/mol. The molecule has 1 saturated heterocycles. The molecule has 0 aromatic carbocycles. The number of pyridine rings is 1. The lowest BCUT2D eigenvalue weighted by atomic mass is 10.00. The average molecular weight is 406 g/mol. The highest BCUT2D eigenvalue weighted by atomic mass is 32.2. The lowest BCUT2D eigenvalue weighted by Crippen LogP contribution is -2.40. The van der Waals surface area contributed by atoms with Gasteiger partial charge in [0.2, 0.25) is 5.95 Å². The van der Waals surface area contributed by atoms with Gasteiger partial charge in [0, 0.05) is 48.0 Å². The maximum Gasteiger partial charge on any atom is 0.252 e. The first-order valence-corrected chi connectivity index (χ1v) is 10.6. The maximum absolute atomic E-state index is 12.6. The van der Waals surface area contributed by atoms with Crippen molar-refractivity contribution in [1.29, 1.82) is 0 Å². The Balaban J connectivity index is 1.63. The van der Waals surface area contributed by atoms with Gasteiger partial charge in [-0.15, -0.1) is 0 Å². The van der Waals surface area contributed by atoms with Gasteiger partial charge in [0.05, 0.1) is 11.6 Å². The number of aromatic nitrogens is 3. The van der Waals surface area contributed by atoms with Gasteiger partial charge in [-0.3, -0.25) is 13.6 Å². The van der Waals surface area contributed by atoms with Crippen molar-refractivity contribution in [3.8, 4) is 0 Å². The summed E-state index contributed by atoms with van der Waals surface area (Å²) in [7, 11) is 0. The first-order valence-electron chi connectivity index (χ1n) is 9.57. The van der Waals surface area contributed by atoms with Crippen LogP contribution in [0.25, 0.3) is 11.0 Å². The molecule has 2 aliphatic rings. The van der Waals surface area contributed by atoms with Crippen LogP contribution in [0.4, 0.5) is 5.95 Å². The fourth-order valence-electron chi connectivity index (χ4n) is 4.28. The Bertz CT molecular complexity index is 955. The molecule has 0 radical (unpaired) electrons. The molecule has 0 spiro atoms. The van der Waals surface area contributed by atoms with E-state index in [-0.39, 0.29) is 17.6 Å². The first kappa shape index (κ1) is 19.4. The monoisotopic (exact) mass is 406 g/mol. The van der Waals surface area contributed by atoms with Crippen LogP contribution in [0, 0.1) is 0 Å². The Kier molecular flexibility index (Phi) is 5.21. The van der Waals surface area contributed by atoms with Gasteiger partial charge in [-0.25, -0.2) is 9.29 Å². The van der Waals surface area contributed by atoms with Gasteiger partial charge in [-0.1, -0.05) is 0 Å². The fourth-order valence-corrected chi connectivity index (χ4v) is 4.79. The highest BCUT2D eigenvalue weighted by Gasteiger charge is 2.39. The van der Waals surface area contributed by atoms with E-state index in [0.717, 1.165) is 18.2 Å². The number of piperidine rings is 1. The molecule has 1 unspecified atom stereocenters. The molecular weight excluding hydrogens is 382 g/mol. The summed E-state index contributed by atoms with van der Waals surface area (Å²) in [5.74, 6) is 0.409. The van der Waals surface area contributed by atoms with E-state index in [9.17, 15) is 18.7 Å². The Morgan fingerprint density at radius 3 is 2.71 bits per heavy atom. The molecule has 0 amide bonds. The number of hydrogen-bond donors (Lipinski definition) is 2. The quantitative estimate of drug-likeness (QED) is 0.724. The van der Waals surface area contributed by atoms with Gasteiger partial charge in [-0.05, 0) is 45.1 Å². The van der Waals surface area contributed by atoms with E-state index in [4.69, 9.17) is 0 Å². The minimum atomic E-state index is -2.18. The van der Waals surface area contributed by atoms with Crippen molar-refractivity contribution in [1.82, 2.24) is 18.8 Å². The minimum Gasteiger partial charge on any atom is -0.760 e. The summed E-state index contributed by atoms with van der Waals surface area (Å²) in [6.07, 6.45) is 5.23. The van der Waals surface area contributed by atoms with E-state index < -0.39 is 16.9 Å². The Hall–Kier alpha value is -1.88. The molecule has 28 heavy (non-hydrogen) atoms. The van der Waals surface area contributed by atoms with E-state index in [1.165, 1.54) is 10.4 Å². The van der Waals surface area contributed by atoms with E-state index in [1.807, 2.05) is 0 Å². The summed E-state index contributed by atoms with van der Waals surface area (Å²) in [5.41, 5.74) is -0.622. The molecule has 152 valence electrons. The van der Waals surface area contributed by atoms with E-state index in [0.29, 0.717) is 43.9 Å². The average Bonchev–Trinajstić information content (AvgIpc) is 3.01. The molecule has 10 heteroatoms. The van der Waals surface area contributed by atoms with E-state index in [2.05, 4.69) is 15.3 Å². The fraction of sp³-hybridized carbons (Fsp3) is 0.611. The summed E-state index contributed by atoms with van der Waals surface area (Å²) in [4.78, 5) is 21.6. The van der Waals surface area contributed by atoms with Crippen LogP contribution >= 0.6 is 0 Å². The van der Waals surface area contributed by atoms with Gasteiger partial charge in [-0.2, -0.15) is 4.98 Å². The molecule has 2 fully saturated rings. The first-order chi connectivity index (χ1) is 13.3. The lowest BCUT2D eigenvalue weighted by Gasteiger charge is -2.33. The highest BCUT2D eigenvalue weighted by molar-refractivity contribution is 7.76. The third-order valence-corrected chi connectivity index (χ3v) is 6.64. The van der Waals surface area contributed by atoms with Gasteiger partial charge >= 0.3 is 0 Å². The summed E-state index contributed by atoms with van der Waals surface area (Å²) in [6, 6.07) is 2.94. The summed E-state index contributed by atoms with van der Waals surface area (Å²) >= 11 is -2.18. The Morgan fingerprint density at radius 2 is 2.07 bits per heavy atom. The van der Waals surface area contributed by atoms with Crippen LogP contribution in [0.5, 0.6) is 0 Å². The van der Waals surface area contributed by atoms with Crippen LogP contribution in [0.15, 0.2) is 23.1 Å². The second-order valence-electron chi connectivity index (χ2n) is 7.84. The number of nitrogens with zero attached hydrogens (tertiary/aromatic N) is 4. The smallest absolute Gasteiger partial charge is 0.252 e. The molecular formula is C18H24N5O4S-. The number of anilines is 1. The summed E-state index contributed by atoms with van der Waals surface area (Å²) in [5, 5.41) is 14.7. The Morgan fingerprint density at radius 1 is 1.32 bits per heavy atom. The Labute approximate surface area is 165 Å². The SMILES string of the molecule is C[C@]1(O)CCC[C@@H]1n1c(=O)ccc2cnc(NC3CCN(S(=O)[O-])CC3)nc21. The van der Waals surface area contributed by atoms with Crippen molar-refractivity contribution in [3.63, 3.8) is 0 Å². The van der Waals surface area contributed by atoms with Crippen molar-refractivity contribution < 1.29 is 13.9 Å². The zero-order valence-corrected chi connectivity index (χ0v) is 16.5. The van der Waals surface area contributed by atoms with Crippen LogP contribution in [-0.4, -0.2) is 57.4 Å². The third kappa shape index (κ3) is 3.69. The zero-order valence-electron chi connectivity index (χ0n) is 15.7. The molecule has 2 aromatic heterocycles. The number of aliphatic hydroxyl groups is 1. The van der Waals surface area contributed by atoms with E-state index >= 15 is 0 Å². The zero-order chi connectivity index (χ0) is 19.9. The van der Waals surface area contributed by atoms with Crippen LogP contribution in [0.2, 0.25) is 0 Å². The van der Waals surface area contributed by atoms with Crippen molar-refractivity contribution in [2.75, 3.05) is 18.4 Å². The molecule has 1 saturated carbocycles. The van der Waals surface area contributed by atoms with Crippen LogP contribution in [0.1, 0.15) is 45.1 Å².